The number of para-hydroxylation sites is 4. The summed E-state index contributed by atoms with van der Waals surface area (Å²) in [6.07, 6.45) is 0. The Morgan fingerprint density at radius 1 is 0.279 bits per heavy atom. The number of furan rings is 1. The number of hydrogen-bond donors (Lipinski definition) is 0. The summed E-state index contributed by atoms with van der Waals surface area (Å²) in [5.41, 5.74) is 15.1. The van der Waals surface area contributed by atoms with Crippen LogP contribution in [0.15, 0.2) is 247 Å². The molecule has 10 aromatic carbocycles. The Balaban J connectivity index is 1.07. The van der Waals surface area contributed by atoms with Crippen molar-refractivity contribution >= 4 is 66.8 Å². The van der Waals surface area contributed by atoms with Gasteiger partial charge in [0.15, 0.2) is 0 Å². The second kappa shape index (κ2) is 15.6. The molecule has 0 spiro atoms. The fourth-order valence-electron chi connectivity index (χ4n) is 8.82. The van der Waals surface area contributed by atoms with E-state index in [4.69, 9.17) is 4.42 Å². The third-order valence-corrected chi connectivity index (χ3v) is 11.6. The van der Waals surface area contributed by atoms with E-state index < -0.39 is 0 Å². The van der Waals surface area contributed by atoms with Gasteiger partial charge >= 0.3 is 0 Å². The molecule has 0 amide bonds. The van der Waals surface area contributed by atoms with E-state index in [2.05, 4.69) is 240 Å². The summed E-state index contributed by atoms with van der Waals surface area (Å²) >= 11 is 0. The first-order valence-corrected chi connectivity index (χ1v) is 20.8. The van der Waals surface area contributed by atoms with E-state index >= 15 is 0 Å². The molecule has 0 saturated heterocycles. The first-order chi connectivity index (χ1) is 30.3. The molecule has 0 aliphatic rings. The maximum Gasteiger partial charge on any atom is 0.137 e. The fraction of sp³-hybridized carbons (Fsp3) is 0. The largest absolute Gasteiger partial charge is 0.456 e. The average molecular weight is 781 g/mol. The van der Waals surface area contributed by atoms with Crippen LogP contribution in [0.3, 0.4) is 0 Å². The molecule has 11 aromatic rings. The van der Waals surface area contributed by atoms with Gasteiger partial charge < -0.3 is 14.2 Å². The molecule has 0 saturated carbocycles. The maximum absolute atomic E-state index is 6.50. The summed E-state index contributed by atoms with van der Waals surface area (Å²) in [5, 5.41) is 4.61. The lowest BCUT2D eigenvalue weighted by molar-refractivity contribution is 0.669. The van der Waals surface area contributed by atoms with E-state index in [1.54, 1.807) is 0 Å². The molecule has 3 nitrogen and oxygen atoms in total. The van der Waals surface area contributed by atoms with Gasteiger partial charge in [0.25, 0.3) is 0 Å². The molecule has 0 N–H and O–H groups in total. The Bertz CT molecular complexity index is 3280. The van der Waals surface area contributed by atoms with Crippen LogP contribution in [0.1, 0.15) is 0 Å². The zero-order valence-electron chi connectivity index (χ0n) is 33.4. The number of hydrogen-bond acceptors (Lipinski definition) is 3. The monoisotopic (exact) mass is 780 g/mol. The molecule has 0 atom stereocenters. The Morgan fingerprint density at radius 2 is 0.820 bits per heavy atom. The second-order valence-electron chi connectivity index (χ2n) is 15.3. The van der Waals surface area contributed by atoms with E-state index in [1.165, 1.54) is 16.3 Å². The molecular formula is C58H40N2O. The van der Waals surface area contributed by atoms with Gasteiger partial charge in [-0.1, -0.05) is 164 Å². The average Bonchev–Trinajstić information content (AvgIpc) is 3.71. The molecule has 0 fully saturated rings. The van der Waals surface area contributed by atoms with Crippen LogP contribution in [-0.4, -0.2) is 0 Å². The van der Waals surface area contributed by atoms with Crippen molar-refractivity contribution in [2.45, 2.75) is 0 Å². The first kappa shape index (κ1) is 36.0. The Labute approximate surface area is 355 Å². The van der Waals surface area contributed by atoms with Gasteiger partial charge in [0.05, 0.1) is 11.4 Å². The van der Waals surface area contributed by atoms with E-state index in [0.29, 0.717) is 0 Å². The number of rotatable bonds is 9. The van der Waals surface area contributed by atoms with Crippen molar-refractivity contribution in [3.63, 3.8) is 0 Å². The van der Waals surface area contributed by atoms with Crippen LogP contribution in [0.25, 0.3) is 66.1 Å². The summed E-state index contributed by atoms with van der Waals surface area (Å²) in [5.74, 6) is 0. The topological polar surface area (TPSA) is 19.6 Å². The van der Waals surface area contributed by atoms with Crippen molar-refractivity contribution in [1.29, 1.82) is 0 Å². The van der Waals surface area contributed by atoms with Crippen LogP contribution in [0.4, 0.5) is 34.1 Å². The summed E-state index contributed by atoms with van der Waals surface area (Å²) in [6.45, 7) is 0. The van der Waals surface area contributed by atoms with Crippen LogP contribution in [-0.2, 0) is 0 Å². The van der Waals surface area contributed by atoms with Gasteiger partial charge in [0, 0.05) is 50.7 Å². The molecule has 61 heavy (non-hydrogen) atoms. The Morgan fingerprint density at radius 3 is 1.61 bits per heavy atom. The molecule has 1 aromatic heterocycles. The molecule has 288 valence electrons. The number of anilines is 6. The molecule has 3 heteroatoms. The van der Waals surface area contributed by atoms with E-state index in [9.17, 15) is 0 Å². The van der Waals surface area contributed by atoms with Crippen LogP contribution in [0.2, 0.25) is 0 Å². The second-order valence-corrected chi connectivity index (χ2v) is 15.3. The van der Waals surface area contributed by atoms with Gasteiger partial charge in [-0.25, -0.2) is 0 Å². The van der Waals surface area contributed by atoms with Crippen LogP contribution in [0.5, 0.6) is 0 Å². The number of benzene rings is 10. The first-order valence-electron chi connectivity index (χ1n) is 20.8. The van der Waals surface area contributed by atoms with Crippen molar-refractivity contribution in [2.75, 3.05) is 9.80 Å². The molecule has 0 aliphatic heterocycles. The van der Waals surface area contributed by atoms with Crippen molar-refractivity contribution in [2.24, 2.45) is 0 Å². The number of fused-ring (bicyclic) bond motifs is 4. The molecule has 0 bridgehead atoms. The van der Waals surface area contributed by atoms with Crippen molar-refractivity contribution < 1.29 is 4.42 Å². The van der Waals surface area contributed by atoms with Gasteiger partial charge in [-0.15, -0.1) is 0 Å². The smallest absolute Gasteiger partial charge is 0.137 e. The summed E-state index contributed by atoms with van der Waals surface area (Å²) in [6, 6.07) is 86.6. The lowest BCUT2D eigenvalue weighted by Crippen LogP contribution is -2.11. The lowest BCUT2D eigenvalue weighted by atomic mass is 9.94. The van der Waals surface area contributed by atoms with Crippen molar-refractivity contribution in [1.82, 2.24) is 0 Å². The third-order valence-electron chi connectivity index (χ3n) is 11.6. The highest BCUT2D eigenvalue weighted by molar-refractivity contribution is 6.08. The number of nitrogens with zero attached hydrogens (tertiary/aromatic N) is 2. The quantitative estimate of drug-likeness (QED) is 0.145. The van der Waals surface area contributed by atoms with E-state index in [-0.39, 0.29) is 0 Å². The summed E-state index contributed by atoms with van der Waals surface area (Å²) in [7, 11) is 0. The highest BCUT2D eigenvalue weighted by atomic mass is 16.3. The van der Waals surface area contributed by atoms with Gasteiger partial charge in [-0.3, -0.25) is 0 Å². The zero-order valence-corrected chi connectivity index (χ0v) is 33.4. The third kappa shape index (κ3) is 6.69. The maximum atomic E-state index is 6.50. The predicted molar refractivity (Wildman–Crippen MR) is 257 cm³/mol. The van der Waals surface area contributed by atoms with Crippen LogP contribution < -0.4 is 9.80 Å². The predicted octanol–water partition coefficient (Wildman–Crippen LogP) is 16.7. The molecule has 11 rings (SSSR count). The minimum absolute atomic E-state index is 0.855. The van der Waals surface area contributed by atoms with Gasteiger partial charge in [0.1, 0.15) is 11.2 Å². The highest BCUT2D eigenvalue weighted by Crippen LogP contribution is 2.47. The van der Waals surface area contributed by atoms with Gasteiger partial charge in [-0.05, 0) is 106 Å². The molecule has 0 radical (unpaired) electrons. The Kier molecular flexibility index (Phi) is 9.18. The van der Waals surface area contributed by atoms with E-state index in [0.717, 1.165) is 83.9 Å². The summed E-state index contributed by atoms with van der Waals surface area (Å²) in [4.78, 5) is 4.73. The van der Waals surface area contributed by atoms with Gasteiger partial charge in [0.2, 0.25) is 0 Å². The molecule has 0 unspecified atom stereocenters. The standard InChI is InChI=1S/C58H40N2O/c1-4-19-42(20-5-1)58-51-30-11-10-18-41(51)34-37-55(58)60(49-35-36-53-52-31-13-15-33-56(52)61-57(53)40-49)48-28-17-22-44(39-48)43-21-16-23-45(38-43)50-29-12-14-32-54(50)59(46-24-6-2-7-25-46)47-26-8-3-9-27-47/h1-40H. The zero-order chi connectivity index (χ0) is 40.5. The molecular weight excluding hydrogens is 741 g/mol. The van der Waals surface area contributed by atoms with Crippen LogP contribution in [0, 0.1) is 0 Å². The Hall–Kier alpha value is -8.14. The highest BCUT2D eigenvalue weighted by Gasteiger charge is 2.22. The minimum atomic E-state index is 0.855. The SMILES string of the molecule is c1ccc(-c2c(N(c3cccc(-c4cccc(-c5ccccc5N(c5ccccc5)c5ccccc5)c4)c3)c3ccc4c(c3)oc3ccccc34)ccc3ccccc23)cc1. The van der Waals surface area contributed by atoms with Crippen molar-refractivity contribution in [3.05, 3.63) is 243 Å². The van der Waals surface area contributed by atoms with Gasteiger partial charge in [-0.2, -0.15) is 0 Å². The normalized spacial score (nSPS) is 11.3. The summed E-state index contributed by atoms with van der Waals surface area (Å²) < 4.78 is 6.50. The van der Waals surface area contributed by atoms with E-state index in [1.807, 2.05) is 12.1 Å². The lowest BCUT2D eigenvalue weighted by Gasteiger charge is -2.29. The van der Waals surface area contributed by atoms with Crippen molar-refractivity contribution in [3.8, 4) is 33.4 Å². The van der Waals surface area contributed by atoms with Crippen LogP contribution >= 0.6 is 0 Å². The minimum Gasteiger partial charge on any atom is -0.456 e. The molecule has 1 heterocycles. The fourth-order valence-corrected chi connectivity index (χ4v) is 8.82. The molecule has 0 aliphatic carbocycles.